The van der Waals surface area contributed by atoms with Gasteiger partial charge < -0.3 is 4.74 Å². The smallest absolute Gasteiger partial charge is 0.406 e. The van der Waals surface area contributed by atoms with Gasteiger partial charge in [-0.25, -0.2) is 4.68 Å². The number of hydrogen-bond donors (Lipinski definition) is 0. The molecule has 0 N–H and O–H groups in total. The molecule has 0 bridgehead atoms. The van der Waals surface area contributed by atoms with Crippen LogP contribution in [0.25, 0.3) is 5.69 Å². The average Bonchev–Trinajstić information content (AvgIpc) is 3.04. The number of ether oxygens (including phenoxy) is 1. The Hall–Kier alpha value is -2.35. The molecule has 0 saturated heterocycles. The lowest BCUT2D eigenvalue weighted by atomic mass is 10.0. The monoisotopic (exact) mass is 397 g/mol. The Labute approximate surface area is 144 Å². The second-order valence-electron chi connectivity index (χ2n) is 4.94. The Balaban J connectivity index is 1.87. The van der Waals surface area contributed by atoms with Crippen LogP contribution in [0.4, 0.5) is 13.2 Å². The highest BCUT2D eigenvalue weighted by Gasteiger charge is 2.30. The van der Waals surface area contributed by atoms with Gasteiger partial charge in [0, 0.05) is 29.5 Å². The van der Waals surface area contributed by atoms with Crippen molar-refractivity contribution in [3.05, 3.63) is 70.7 Å². The highest BCUT2D eigenvalue weighted by molar-refractivity contribution is 9.10. The Kier molecular flexibility index (Phi) is 4.57. The summed E-state index contributed by atoms with van der Waals surface area (Å²) in [5.74, 6) is -0.243. The van der Waals surface area contributed by atoms with Gasteiger partial charge in [-0.15, -0.1) is 13.2 Å². The molecule has 3 aromatic rings. The minimum absolute atomic E-state index is 0.243. The molecule has 0 spiro atoms. The van der Waals surface area contributed by atoms with Crippen LogP contribution in [-0.4, -0.2) is 21.1 Å². The first-order valence-electron chi connectivity index (χ1n) is 6.89. The number of halogens is 4. The van der Waals surface area contributed by atoms with E-state index in [2.05, 4.69) is 30.7 Å². The first-order chi connectivity index (χ1) is 11.4. The first-order valence-corrected chi connectivity index (χ1v) is 7.69. The number of pyridine rings is 1. The minimum Gasteiger partial charge on any atom is -0.406 e. The predicted molar refractivity (Wildman–Crippen MR) is 85.0 cm³/mol. The van der Waals surface area contributed by atoms with Crippen LogP contribution in [0.1, 0.15) is 11.1 Å². The molecule has 1 aromatic carbocycles. The maximum atomic E-state index is 12.2. The zero-order valence-corrected chi connectivity index (χ0v) is 13.8. The highest BCUT2D eigenvalue weighted by Crippen LogP contribution is 2.27. The summed E-state index contributed by atoms with van der Waals surface area (Å²) >= 11 is 3.47. The predicted octanol–water partition coefficient (Wildman–Crippen LogP) is 4.52. The van der Waals surface area contributed by atoms with E-state index < -0.39 is 6.36 Å². The minimum atomic E-state index is -4.69. The van der Waals surface area contributed by atoms with Gasteiger partial charge in [-0.05, 0) is 45.3 Å². The number of aromatic nitrogens is 3. The van der Waals surface area contributed by atoms with Gasteiger partial charge in [0.25, 0.3) is 0 Å². The number of nitrogens with zero attached hydrogens (tertiary/aromatic N) is 3. The summed E-state index contributed by atoms with van der Waals surface area (Å²) in [7, 11) is 0. The zero-order valence-electron chi connectivity index (χ0n) is 12.2. The quantitative estimate of drug-likeness (QED) is 0.649. The number of alkyl halides is 3. The van der Waals surface area contributed by atoms with Crippen molar-refractivity contribution in [1.82, 2.24) is 14.8 Å². The van der Waals surface area contributed by atoms with Crippen LogP contribution in [0.3, 0.4) is 0 Å². The molecule has 2 heterocycles. The SMILES string of the molecule is FC(F)(F)Oc1ccc(Cc2c(Br)cncc2-n2cccn2)cc1. The standard InChI is InChI=1S/C16H11BrF3N3O/c17-14-9-21-10-15(23-7-1-6-22-23)13(14)8-11-2-4-12(5-3-11)24-16(18,19)20/h1-7,9-10H,8H2. The lowest BCUT2D eigenvalue weighted by Gasteiger charge is -2.12. The van der Waals surface area contributed by atoms with Gasteiger partial charge >= 0.3 is 6.36 Å². The largest absolute Gasteiger partial charge is 0.573 e. The van der Waals surface area contributed by atoms with Crippen molar-refractivity contribution < 1.29 is 17.9 Å². The summed E-state index contributed by atoms with van der Waals surface area (Å²) in [5.41, 5.74) is 2.56. The normalized spacial score (nSPS) is 11.5. The summed E-state index contributed by atoms with van der Waals surface area (Å²) in [6.07, 6.45) is 2.63. The van der Waals surface area contributed by atoms with E-state index in [0.29, 0.717) is 6.42 Å². The summed E-state index contributed by atoms with van der Waals surface area (Å²) in [6.45, 7) is 0. The number of benzene rings is 1. The second-order valence-corrected chi connectivity index (χ2v) is 5.79. The van der Waals surface area contributed by atoms with Gasteiger partial charge in [0.1, 0.15) is 5.75 Å². The van der Waals surface area contributed by atoms with Crippen LogP contribution in [0.5, 0.6) is 5.75 Å². The number of rotatable bonds is 4. The van der Waals surface area contributed by atoms with E-state index in [-0.39, 0.29) is 5.75 Å². The third kappa shape index (κ3) is 3.94. The van der Waals surface area contributed by atoms with Gasteiger partial charge in [-0.1, -0.05) is 12.1 Å². The van der Waals surface area contributed by atoms with E-state index in [9.17, 15) is 13.2 Å². The lowest BCUT2D eigenvalue weighted by Crippen LogP contribution is -2.17. The molecule has 0 atom stereocenters. The van der Waals surface area contributed by atoms with Gasteiger partial charge in [-0.2, -0.15) is 5.10 Å². The molecule has 24 heavy (non-hydrogen) atoms. The molecule has 0 aliphatic rings. The van der Waals surface area contributed by atoms with Crippen LogP contribution < -0.4 is 4.74 Å². The zero-order chi connectivity index (χ0) is 17.2. The van der Waals surface area contributed by atoms with Crippen LogP contribution >= 0.6 is 15.9 Å². The molecule has 0 saturated carbocycles. The Morgan fingerprint density at radius 2 is 1.88 bits per heavy atom. The molecule has 0 radical (unpaired) electrons. The summed E-state index contributed by atoms with van der Waals surface area (Å²) in [4.78, 5) is 4.14. The van der Waals surface area contributed by atoms with E-state index in [4.69, 9.17) is 0 Å². The van der Waals surface area contributed by atoms with Crippen LogP contribution in [0.2, 0.25) is 0 Å². The van der Waals surface area contributed by atoms with Crippen LogP contribution in [0.15, 0.2) is 59.6 Å². The van der Waals surface area contributed by atoms with Crippen molar-refractivity contribution in [2.45, 2.75) is 12.8 Å². The Bertz CT molecular complexity index is 818. The van der Waals surface area contributed by atoms with E-state index in [1.807, 2.05) is 0 Å². The van der Waals surface area contributed by atoms with E-state index in [1.165, 1.54) is 12.1 Å². The molecule has 3 rings (SSSR count). The molecule has 0 unspecified atom stereocenters. The molecule has 2 aromatic heterocycles. The van der Waals surface area contributed by atoms with E-state index in [0.717, 1.165) is 21.3 Å². The Morgan fingerprint density at radius 1 is 1.12 bits per heavy atom. The molecule has 0 aliphatic carbocycles. The summed E-state index contributed by atoms with van der Waals surface area (Å²) in [6, 6.07) is 7.59. The average molecular weight is 398 g/mol. The van der Waals surface area contributed by atoms with E-state index in [1.54, 1.807) is 47.7 Å². The van der Waals surface area contributed by atoms with Gasteiger partial charge in [-0.3, -0.25) is 4.98 Å². The Morgan fingerprint density at radius 3 is 2.50 bits per heavy atom. The third-order valence-electron chi connectivity index (χ3n) is 3.27. The fraction of sp³-hybridized carbons (Fsp3) is 0.125. The summed E-state index contributed by atoms with van der Waals surface area (Å²) < 4.78 is 43.0. The van der Waals surface area contributed by atoms with E-state index >= 15 is 0 Å². The lowest BCUT2D eigenvalue weighted by molar-refractivity contribution is -0.274. The molecule has 8 heteroatoms. The summed E-state index contributed by atoms with van der Waals surface area (Å²) in [5, 5.41) is 4.20. The van der Waals surface area contributed by atoms with Gasteiger partial charge in [0.2, 0.25) is 0 Å². The highest BCUT2D eigenvalue weighted by atomic mass is 79.9. The third-order valence-corrected chi connectivity index (χ3v) is 3.95. The maximum absolute atomic E-state index is 12.2. The van der Waals surface area contributed by atoms with Crippen molar-refractivity contribution in [3.8, 4) is 11.4 Å². The topological polar surface area (TPSA) is 39.9 Å². The molecule has 0 fully saturated rings. The van der Waals surface area contributed by atoms with Gasteiger partial charge in [0.15, 0.2) is 0 Å². The van der Waals surface area contributed by atoms with Crippen molar-refractivity contribution in [2.75, 3.05) is 0 Å². The molecule has 0 amide bonds. The fourth-order valence-electron chi connectivity index (χ4n) is 2.25. The van der Waals surface area contributed by atoms with Crippen molar-refractivity contribution in [3.63, 3.8) is 0 Å². The van der Waals surface area contributed by atoms with Crippen molar-refractivity contribution in [1.29, 1.82) is 0 Å². The molecule has 4 nitrogen and oxygen atoms in total. The van der Waals surface area contributed by atoms with Crippen molar-refractivity contribution >= 4 is 15.9 Å². The fourth-order valence-corrected chi connectivity index (χ4v) is 2.71. The maximum Gasteiger partial charge on any atom is 0.573 e. The molecular weight excluding hydrogens is 387 g/mol. The van der Waals surface area contributed by atoms with Gasteiger partial charge in [0.05, 0.1) is 11.9 Å². The van der Waals surface area contributed by atoms with Crippen LogP contribution in [0, 0.1) is 0 Å². The first kappa shape index (κ1) is 16.5. The second kappa shape index (κ2) is 6.64. The molecular formula is C16H11BrF3N3O. The van der Waals surface area contributed by atoms with Crippen LogP contribution in [-0.2, 0) is 6.42 Å². The molecule has 0 aliphatic heterocycles. The van der Waals surface area contributed by atoms with Crippen molar-refractivity contribution in [2.24, 2.45) is 0 Å². The molecule has 124 valence electrons. The number of hydrogen-bond acceptors (Lipinski definition) is 3.